The van der Waals surface area contributed by atoms with E-state index >= 15 is 0 Å². The Morgan fingerprint density at radius 3 is 1.56 bits per heavy atom. The Hall–Kier alpha value is -3.68. The van der Waals surface area contributed by atoms with Crippen molar-refractivity contribution in [3.05, 3.63) is 59.7 Å². The Balaban J connectivity index is 1.28. The average molecular weight is 437 g/mol. The molecule has 0 spiro atoms. The van der Waals surface area contributed by atoms with Gasteiger partial charge in [0.05, 0.1) is 27.3 Å². The molecular formula is C24H28N4O4. The van der Waals surface area contributed by atoms with Crippen molar-refractivity contribution in [3.63, 3.8) is 0 Å². The summed E-state index contributed by atoms with van der Waals surface area (Å²) >= 11 is 0. The second-order valence-corrected chi connectivity index (χ2v) is 7.14. The number of nitrogens with zero attached hydrogens (tertiary/aromatic N) is 2. The summed E-state index contributed by atoms with van der Waals surface area (Å²) in [6.07, 6.45) is 3.82. The van der Waals surface area contributed by atoms with Gasteiger partial charge in [-0.3, -0.25) is 9.98 Å². The Morgan fingerprint density at radius 2 is 1.19 bits per heavy atom. The third-order valence-electron chi connectivity index (χ3n) is 5.06. The maximum absolute atomic E-state index is 5.84. The molecule has 0 unspecified atom stereocenters. The van der Waals surface area contributed by atoms with Gasteiger partial charge in [-0.05, 0) is 48.6 Å². The van der Waals surface area contributed by atoms with Crippen LogP contribution >= 0.6 is 0 Å². The van der Waals surface area contributed by atoms with Gasteiger partial charge >= 0.3 is 0 Å². The standard InChI is InChI=1S/C24H28N4O4/c1-29-21-15-17(23-25-9-10-26-23)5-7-19(21)31-13-3-4-14-32-20-8-6-18(16-22(20)30-2)24-27-11-12-28-24/h3-8,15-16H,9-14H2,1-2H3,(H,25,26)(H,27,28)/b4-3+. The van der Waals surface area contributed by atoms with Crippen LogP contribution in [0.4, 0.5) is 0 Å². The fourth-order valence-electron chi connectivity index (χ4n) is 3.46. The van der Waals surface area contributed by atoms with Crippen molar-refractivity contribution in [1.29, 1.82) is 0 Å². The maximum atomic E-state index is 5.84. The van der Waals surface area contributed by atoms with Crippen molar-refractivity contribution >= 4 is 11.7 Å². The van der Waals surface area contributed by atoms with E-state index in [2.05, 4.69) is 20.6 Å². The fraction of sp³-hybridized carbons (Fsp3) is 0.333. The number of methoxy groups -OCH3 is 2. The quantitative estimate of drug-likeness (QED) is 0.557. The van der Waals surface area contributed by atoms with E-state index in [1.54, 1.807) is 14.2 Å². The van der Waals surface area contributed by atoms with E-state index in [0.717, 1.165) is 49.0 Å². The molecule has 2 aliphatic heterocycles. The molecule has 8 nitrogen and oxygen atoms in total. The number of ether oxygens (including phenoxy) is 4. The second kappa shape index (κ2) is 10.6. The molecule has 0 radical (unpaired) electrons. The summed E-state index contributed by atoms with van der Waals surface area (Å²) < 4.78 is 22.6. The lowest BCUT2D eigenvalue weighted by Crippen LogP contribution is -2.19. The average Bonchev–Trinajstić information content (AvgIpc) is 3.56. The summed E-state index contributed by atoms with van der Waals surface area (Å²) in [5, 5.41) is 6.52. The highest BCUT2D eigenvalue weighted by atomic mass is 16.5. The van der Waals surface area contributed by atoms with Gasteiger partial charge in [-0.25, -0.2) is 0 Å². The van der Waals surface area contributed by atoms with Crippen LogP contribution in [0.1, 0.15) is 11.1 Å². The number of benzene rings is 2. The molecule has 2 aromatic carbocycles. The van der Waals surface area contributed by atoms with Gasteiger partial charge in [0.2, 0.25) is 0 Å². The third kappa shape index (κ3) is 5.14. The van der Waals surface area contributed by atoms with Gasteiger partial charge in [-0.2, -0.15) is 0 Å². The molecule has 0 aromatic heterocycles. The molecule has 168 valence electrons. The van der Waals surface area contributed by atoms with Gasteiger partial charge in [-0.1, -0.05) is 0 Å². The van der Waals surface area contributed by atoms with Crippen LogP contribution in [-0.4, -0.2) is 65.3 Å². The van der Waals surface area contributed by atoms with E-state index < -0.39 is 0 Å². The summed E-state index contributed by atoms with van der Waals surface area (Å²) in [5.74, 6) is 4.50. The first-order valence-electron chi connectivity index (χ1n) is 10.6. The molecule has 0 aliphatic carbocycles. The van der Waals surface area contributed by atoms with Crippen molar-refractivity contribution < 1.29 is 18.9 Å². The third-order valence-corrected chi connectivity index (χ3v) is 5.06. The van der Waals surface area contributed by atoms with Gasteiger partial charge in [0, 0.05) is 24.2 Å². The van der Waals surface area contributed by atoms with E-state index in [-0.39, 0.29) is 0 Å². The van der Waals surface area contributed by atoms with E-state index in [9.17, 15) is 0 Å². The molecule has 32 heavy (non-hydrogen) atoms. The van der Waals surface area contributed by atoms with Crippen LogP contribution in [0.5, 0.6) is 23.0 Å². The molecule has 4 rings (SSSR count). The molecule has 0 saturated heterocycles. The Kier molecular flexibility index (Phi) is 7.12. The molecule has 2 aliphatic rings. The molecular weight excluding hydrogens is 408 g/mol. The lowest BCUT2D eigenvalue weighted by molar-refractivity contribution is 0.318. The Morgan fingerprint density at radius 1 is 0.719 bits per heavy atom. The first-order chi connectivity index (χ1) is 15.8. The number of aliphatic imine (C=N–C) groups is 2. The molecule has 2 heterocycles. The van der Waals surface area contributed by atoms with Gasteiger partial charge in [0.1, 0.15) is 24.9 Å². The first kappa shape index (κ1) is 21.5. The van der Waals surface area contributed by atoms with Crippen LogP contribution in [-0.2, 0) is 0 Å². The molecule has 2 aromatic rings. The number of amidine groups is 2. The molecule has 0 atom stereocenters. The molecule has 8 heteroatoms. The molecule has 0 amide bonds. The summed E-state index contributed by atoms with van der Waals surface area (Å²) in [7, 11) is 3.27. The van der Waals surface area contributed by atoms with Crippen molar-refractivity contribution in [2.45, 2.75) is 0 Å². The largest absolute Gasteiger partial charge is 0.493 e. The SMILES string of the molecule is COc1cc(C2=NCCN2)ccc1OC/C=C/COc1ccc(C2=NCCN2)cc1OC. The maximum Gasteiger partial charge on any atom is 0.161 e. The van der Waals surface area contributed by atoms with E-state index in [4.69, 9.17) is 18.9 Å². The van der Waals surface area contributed by atoms with Crippen LogP contribution in [0.3, 0.4) is 0 Å². The predicted molar refractivity (Wildman–Crippen MR) is 125 cm³/mol. The number of nitrogens with one attached hydrogen (secondary N) is 2. The van der Waals surface area contributed by atoms with Crippen molar-refractivity contribution in [3.8, 4) is 23.0 Å². The molecule has 0 saturated carbocycles. The van der Waals surface area contributed by atoms with E-state index in [0.29, 0.717) is 36.2 Å². The lowest BCUT2D eigenvalue weighted by atomic mass is 10.2. The molecule has 2 N–H and O–H groups in total. The van der Waals surface area contributed by atoms with Crippen molar-refractivity contribution in [2.24, 2.45) is 9.98 Å². The predicted octanol–water partition coefficient (Wildman–Crippen LogP) is 2.42. The number of rotatable bonds is 10. The van der Waals surface area contributed by atoms with Crippen LogP contribution in [0.2, 0.25) is 0 Å². The van der Waals surface area contributed by atoms with Crippen LogP contribution in [0, 0.1) is 0 Å². The summed E-state index contributed by atoms with van der Waals surface area (Å²) in [6.45, 7) is 4.13. The topological polar surface area (TPSA) is 85.7 Å². The fourth-order valence-corrected chi connectivity index (χ4v) is 3.46. The zero-order valence-corrected chi connectivity index (χ0v) is 18.4. The van der Waals surface area contributed by atoms with Crippen molar-refractivity contribution in [1.82, 2.24) is 10.6 Å². The van der Waals surface area contributed by atoms with E-state index in [1.807, 2.05) is 48.6 Å². The molecule has 0 bridgehead atoms. The summed E-state index contributed by atoms with van der Waals surface area (Å²) in [6, 6.07) is 11.6. The van der Waals surface area contributed by atoms with Crippen LogP contribution < -0.4 is 29.6 Å². The minimum absolute atomic E-state index is 0.403. The summed E-state index contributed by atoms with van der Waals surface area (Å²) in [4.78, 5) is 8.87. The highest BCUT2D eigenvalue weighted by molar-refractivity contribution is 6.00. The summed E-state index contributed by atoms with van der Waals surface area (Å²) in [5.41, 5.74) is 1.98. The van der Waals surface area contributed by atoms with Gasteiger partial charge in [-0.15, -0.1) is 0 Å². The number of hydrogen-bond donors (Lipinski definition) is 2. The Labute approximate surface area is 188 Å². The normalized spacial score (nSPS) is 15.1. The first-order valence-corrected chi connectivity index (χ1v) is 10.6. The zero-order valence-electron chi connectivity index (χ0n) is 18.4. The Bertz CT molecular complexity index is 951. The highest BCUT2D eigenvalue weighted by Gasteiger charge is 2.13. The van der Waals surface area contributed by atoms with Crippen LogP contribution in [0.15, 0.2) is 58.5 Å². The lowest BCUT2D eigenvalue weighted by Gasteiger charge is -2.12. The monoisotopic (exact) mass is 436 g/mol. The smallest absolute Gasteiger partial charge is 0.161 e. The van der Waals surface area contributed by atoms with Gasteiger partial charge in [0.25, 0.3) is 0 Å². The molecule has 0 fully saturated rings. The zero-order chi connectivity index (χ0) is 22.2. The van der Waals surface area contributed by atoms with Gasteiger partial charge in [0.15, 0.2) is 23.0 Å². The highest BCUT2D eigenvalue weighted by Crippen LogP contribution is 2.29. The second-order valence-electron chi connectivity index (χ2n) is 7.14. The minimum atomic E-state index is 0.403. The van der Waals surface area contributed by atoms with Gasteiger partial charge < -0.3 is 29.6 Å². The number of hydrogen-bond acceptors (Lipinski definition) is 8. The van der Waals surface area contributed by atoms with Crippen molar-refractivity contribution in [2.75, 3.05) is 53.6 Å². The van der Waals surface area contributed by atoms with Crippen LogP contribution in [0.25, 0.3) is 0 Å². The van der Waals surface area contributed by atoms with E-state index in [1.165, 1.54) is 0 Å². The minimum Gasteiger partial charge on any atom is -0.493 e.